The van der Waals surface area contributed by atoms with E-state index in [4.69, 9.17) is 4.74 Å². The van der Waals surface area contributed by atoms with E-state index in [-0.39, 0.29) is 18.3 Å². The van der Waals surface area contributed by atoms with Crippen molar-refractivity contribution in [1.82, 2.24) is 5.43 Å². The monoisotopic (exact) mass is 404 g/mol. The first-order valence-electron chi connectivity index (χ1n) is 8.10. The maximum atomic E-state index is 11.7. The van der Waals surface area contributed by atoms with Crippen LogP contribution in [0.5, 0.6) is 11.5 Å². The number of amides is 1. The Morgan fingerprint density at radius 1 is 1.28 bits per heavy atom. The van der Waals surface area contributed by atoms with Crippen molar-refractivity contribution in [2.75, 3.05) is 6.61 Å². The summed E-state index contributed by atoms with van der Waals surface area (Å²) in [5.74, 6) is 0.352. The average Bonchev–Trinajstić information content (AvgIpc) is 2.62. The van der Waals surface area contributed by atoms with Gasteiger partial charge in [-0.2, -0.15) is 5.10 Å². The third-order valence-electron chi connectivity index (χ3n) is 3.49. The van der Waals surface area contributed by atoms with Gasteiger partial charge in [0.1, 0.15) is 11.5 Å². The zero-order chi connectivity index (χ0) is 18.1. The maximum Gasteiger partial charge on any atom is 0.277 e. The minimum absolute atomic E-state index is 0.0839. The van der Waals surface area contributed by atoms with Crippen LogP contribution in [0.4, 0.5) is 0 Å². The highest BCUT2D eigenvalue weighted by atomic mass is 79.9. The molecule has 2 aromatic carbocycles. The van der Waals surface area contributed by atoms with Gasteiger partial charge in [-0.1, -0.05) is 41.4 Å². The van der Waals surface area contributed by atoms with Crippen molar-refractivity contribution in [3.8, 4) is 11.5 Å². The number of hydrogen-bond donors (Lipinski definition) is 2. The van der Waals surface area contributed by atoms with Crippen LogP contribution < -0.4 is 10.2 Å². The number of carbonyl (C=O) groups excluding carboxylic acids is 1. The molecule has 6 heteroatoms. The first kappa shape index (κ1) is 19.0. The van der Waals surface area contributed by atoms with E-state index in [1.165, 1.54) is 11.8 Å². The van der Waals surface area contributed by atoms with Gasteiger partial charge in [0, 0.05) is 10.0 Å². The highest BCUT2D eigenvalue weighted by Gasteiger charge is 2.03. The summed E-state index contributed by atoms with van der Waals surface area (Å²) in [5, 5.41) is 13.5. The molecule has 0 unspecified atom stereocenters. The largest absolute Gasteiger partial charge is 0.507 e. The van der Waals surface area contributed by atoms with Crippen LogP contribution in [0.25, 0.3) is 0 Å². The molecule has 132 valence electrons. The molecule has 0 aliphatic carbocycles. The van der Waals surface area contributed by atoms with Crippen LogP contribution in [-0.2, 0) is 11.2 Å². The normalized spacial score (nSPS) is 10.8. The summed E-state index contributed by atoms with van der Waals surface area (Å²) in [6.45, 7) is 2.03. The molecule has 0 heterocycles. The fourth-order valence-electron chi connectivity index (χ4n) is 2.12. The van der Waals surface area contributed by atoms with Gasteiger partial charge in [0.05, 0.1) is 6.21 Å². The van der Waals surface area contributed by atoms with Crippen LogP contribution in [0.3, 0.4) is 0 Å². The Morgan fingerprint density at radius 2 is 2.04 bits per heavy atom. The topological polar surface area (TPSA) is 70.9 Å². The Kier molecular flexibility index (Phi) is 7.47. The van der Waals surface area contributed by atoms with Gasteiger partial charge in [0.25, 0.3) is 5.91 Å². The number of hydrogen-bond acceptors (Lipinski definition) is 4. The number of hydrazone groups is 1. The van der Waals surface area contributed by atoms with E-state index >= 15 is 0 Å². The van der Waals surface area contributed by atoms with Crippen molar-refractivity contribution in [3.05, 3.63) is 58.1 Å². The van der Waals surface area contributed by atoms with Crippen molar-refractivity contribution in [3.63, 3.8) is 0 Å². The van der Waals surface area contributed by atoms with Crippen LogP contribution in [0.15, 0.2) is 52.0 Å². The molecule has 25 heavy (non-hydrogen) atoms. The predicted molar refractivity (Wildman–Crippen MR) is 102 cm³/mol. The lowest BCUT2D eigenvalue weighted by atomic mass is 10.1. The van der Waals surface area contributed by atoms with Crippen molar-refractivity contribution in [1.29, 1.82) is 0 Å². The van der Waals surface area contributed by atoms with Gasteiger partial charge in [-0.3, -0.25) is 4.79 Å². The number of ether oxygens (including phenoxy) is 1. The number of phenols is 1. The zero-order valence-electron chi connectivity index (χ0n) is 14.0. The van der Waals surface area contributed by atoms with Crippen LogP contribution in [0.2, 0.25) is 0 Å². The Morgan fingerprint density at radius 3 is 2.76 bits per heavy atom. The lowest BCUT2D eigenvalue weighted by Gasteiger charge is -2.06. The first-order chi connectivity index (χ1) is 12.1. The van der Waals surface area contributed by atoms with Gasteiger partial charge in [0.2, 0.25) is 0 Å². The summed E-state index contributed by atoms with van der Waals surface area (Å²) in [5.41, 5.74) is 4.13. The summed E-state index contributed by atoms with van der Waals surface area (Å²) in [4.78, 5) is 11.7. The van der Waals surface area contributed by atoms with Crippen LogP contribution in [0.1, 0.15) is 30.9 Å². The molecule has 0 aliphatic heterocycles. The van der Waals surface area contributed by atoms with E-state index < -0.39 is 0 Å². The molecule has 0 bridgehead atoms. The molecular formula is C19H21BrN2O3. The third kappa shape index (κ3) is 6.58. The first-order valence-corrected chi connectivity index (χ1v) is 8.90. The number of aromatic hydroxyl groups is 1. The Bertz CT molecular complexity index is 730. The van der Waals surface area contributed by atoms with Gasteiger partial charge in [-0.15, -0.1) is 0 Å². The molecular weight excluding hydrogens is 384 g/mol. The van der Waals surface area contributed by atoms with E-state index in [0.717, 1.165) is 23.7 Å². The second-order valence-electron chi connectivity index (χ2n) is 5.53. The minimum Gasteiger partial charge on any atom is -0.507 e. The van der Waals surface area contributed by atoms with Crippen LogP contribution in [-0.4, -0.2) is 23.8 Å². The number of phenolic OH excluding ortho intramolecular Hbond substituents is 1. The summed E-state index contributed by atoms with van der Waals surface area (Å²) < 4.78 is 6.24. The lowest BCUT2D eigenvalue weighted by molar-refractivity contribution is -0.123. The lowest BCUT2D eigenvalue weighted by Crippen LogP contribution is -2.24. The molecule has 2 aromatic rings. The van der Waals surface area contributed by atoms with E-state index in [2.05, 4.69) is 33.4 Å². The fourth-order valence-corrected chi connectivity index (χ4v) is 2.50. The molecule has 0 atom stereocenters. The number of aryl methyl sites for hydroxylation is 1. The number of unbranched alkanes of at least 4 members (excludes halogenated alkanes) is 1. The molecule has 0 saturated carbocycles. The smallest absolute Gasteiger partial charge is 0.277 e. The predicted octanol–water partition coefficient (Wildman–Crippen LogP) is 4.03. The number of nitrogens with zero attached hydrogens (tertiary/aromatic N) is 1. The molecule has 2 rings (SSSR count). The van der Waals surface area contributed by atoms with Crippen molar-refractivity contribution >= 4 is 28.1 Å². The molecule has 0 spiro atoms. The van der Waals surface area contributed by atoms with Crippen molar-refractivity contribution < 1.29 is 14.6 Å². The second-order valence-corrected chi connectivity index (χ2v) is 6.45. The SMILES string of the molecule is CCCCc1ccc(OCC(=O)NN=Cc2cc(Br)ccc2O)cc1. The fraction of sp³-hybridized carbons (Fsp3) is 0.263. The van der Waals surface area contributed by atoms with Gasteiger partial charge in [0.15, 0.2) is 6.61 Å². The van der Waals surface area contributed by atoms with Crippen molar-refractivity contribution in [2.45, 2.75) is 26.2 Å². The van der Waals surface area contributed by atoms with Crippen molar-refractivity contribution in [2.24, 2.45) is 5.10 Å². The number of rotatable bonds is 8. The van der Waals surface area contributed by atoms with Crippen LogP contribution in [0, 0.1) is 0 Å². The highest BCUT2D eigenvalue weighted by Crippen LogP contribution is 2.20. The number of halogens is 1. The third-order valence-corrected chi connectivity index (χ3v) is 3.99. The number of benzene rings is 2. The Balaban J connectivity index is 1.78. The number of nitrogens with one attached hydrogen (secondary N) is 1. The maximum absolute atomic E-state index is 11.7. The van der Waals surface area contributed by atoms with E-state index in [1.807, 2.05) is 24.3 Å². The summed E-state index contributed by atoms with van der Waals surface area (Å²) in [7, 11) is 0. The molecule has 0 aliphatic rings. The van der Waals surface area contributed by atoms with Gasteiger partial charge in [-0.25, -0.2) is 5.43 Å². The zero-order valence-corrected chi connectivity index (χ0v) is 15.6. The minimum atomic E-state index is -0.374. The van der Waals surface area contributed by atoms with Gasteiger partial charge < -0.3 is 9.84 Å². The van der Waals surface area contributed by atoms with Gasteiger partial charge >= 0.3 is 0 Å². The molecule has 0 aromatic heterocycles. The standard InChI is InChI=1S/C19H21BrN2O3/c1-2-3-4-14-5-8-17(9-6-14)25-13-19(24)22-21-12-15-11-16(20)7-10-18(15)23/h5-12,23H,2-4,13H2,1H3,(H,22,24). The molecule has 0 radical (unpaired) electrons. The van der Waals surface area contributed by atoms with E-state index in [0.29, 0.717) is 11.3 Å². The summed E-state index contributed by atoms with van der Waals surface area (Å²) >= 11 is 3.31. The Labute approximate surface area is 155 Å². The quantitative estimate of drug-likeness (QED) is 0.515. The average molecular weight is 405 g/mol. The van der Waals surface area contributed by atoms with E-state index in [9.17, 15) is 9.90 Å². The highest BCUT2D eigenvalue weighted by molar-refractivity contribution is 9.10. The van der Waals surface area contributed by atoms with Gasteiger partial charge in [-0.05, 0) is 48.7 Å². The molecule has 2 N–H and O–H groups in total. The summed E-state index contributed by atoms with van der Waals surface area (Å²) in [6.07, 6.45) is 4.75. The number of carbonyl (C=O) groups is 1. The summed E-state index contributed by atoms with van der Waals surface area (Å²) in [6, 6.07) is 12.7. The van der Waals surface area contributed by atoms with Crippen LogP contribution >= 0.6 is 15.9 Å². The molecule has 0 fully saturated rings. The van der Waals surface area contributed by atoms with E-state index in [1.54, 1.807) is 18.2 Å². The molecule has 1 amide bonds. The second kappa shape index (κ2) is 9.84. The molecule has 5 nitrogen and oxygen atoms in total. The molecule has 0 saturated heterocycles. The Hall–Kier alpha value is -2.34.